The number of aliphatic hydroxyl groups is 1. The van der Waals surface area contributed by atoms with Crippen LogP contribution in [-0.2, 0) is 4.79 Å². The van der Waals surface area contributed by atoms with E-state index in [4.69, 9.17) is 5.84 Å². The van der Waals surface area contributed by atoms with Crippen molar-refractivity contribution in [3.63, 3.8) is 0 Å². The maximum atomic E-state index is 11.6. The molecule has 106 valence electrons. The summed E-state index contributed by atoms with van der Waals surface area (Å²) in [5.74, 6) is 4.83. The second-order valence-electron chi connectivity index (χ2n) is 5.54. The Morgan fingerprint density at radius 3 is 2.67 bits per heavy atom. The van der Waals surface area contributed by atoms with Gasteiger partial charge in [0.1, 0.15) is 0 Å². The van der Waals surface area contributed by atoms with Gasteiger partial charge in [-0.2, -0.15) is 0 Å². The van der Waals surface area contributed by atoms with E-state index in [1.165, 1.54) is 0 Å². The minimum Gasteiger partial charge on any atom is -0.392 e. The normalized spacial score (nSPS) is 28.4. The van der Waals surface area contributed by atoms with E-state index in [0.29, 0.717) is 6.54 Å². The number of nitrogens with zero attached hydrogens (tertiary/aromatic N) is 2. The number of hydrogen-bond acceptors (Lipinski definition) is 5. The molecule has 0 aromatic heterocycles. The number of rotatable bonds is 5. The summed E-state index contributed by atoms with van der Waals surface area (Å²) in [6, 6.07) is 0.355. The van der Waals surface area contributed by atoms with Crippen molar-refractivity contribution in [2.45, 2.75) is 38.5 Å². The topological polar surface area (TPSA) is 81.8 Å². The van der Waals surface area contributed by atoms with Crippen molar-refractivity contribution in [3.05, 3.63) is 0 Å². The number of hydrazine groups is 1. The van der Waals surface area contributed by atoms with E-state index in [1.54, 1.807) is 0 Å². The molecule has 0 bridgehead atoms. The maximum absolute atomic E-state index is 11.6. The minimum absolute atomic E-state index is 0.0654. The third-order valence-electron chi connectivity index (χ3n) is 3.81. The number of nitrogens with one attached hydrogen (secondary N) is 1. The van der Waals surface area contributed by atoms with Gasteiger partial charge >= 0.3 is 0 Å². The Balaban J connectivity index is 2.69. The molecule has 0 aromatic rings. The molecule has 4 atom stereocenters. The Morgan fingerprint density at radius 1 is 1.56 bits per heavy atom. The van der Waals surface area contributed by atoms with E-state index >= 15 is 0 Å². The molecule has 1 fully saturated rings. The fraction of sp³-hybridized carbons (Fsp3) is 0.917. The highest BCUT2D eigenvalue weighted by molar-refractivity contribution is 5.78. The lowest BCUT2D eigenvalue weighted by Crippen LogP contribution is -2.49. The van der Waals surface area contributed by atoms with Crippen molar-refractivity contribution < 1.29 is 9.90 Å². The Hall–Kier alpha value is -0.690. The molecule has 4 unspecified atom stereocenters. The predicted octanol–water partition coefficient (Wildman–Crippen LogP) is -1.00. The van der Waals surface area contributed by atoms with Gasteiger partial charge < -0.3 is 10.0 Å². The average Bonchev–Trinajstić information content (AvgIpc) is 2.66. The van der Waals surface area contributed by atoms with Crippen LogP contribution in [0.4, 0.5) is 0 Å². The number of likely N-dealkylation sites (N-methyl/N-ethyl adjacent to an activating group) is 1. The largest absolute Gasteiger partial charge is 0.392 e. The van der Waals surface area contributed by atoms with Crippen LogP contribution in [0.1, 0.15) is 20.3 Å². The van der Waals surface area contributed by atoms with E-state index in [9.17, 15) is 9.90 Å². The molecule has 4 N–H and O–H groups in total. The van der Waals surface area contributed by atoms with Gasteiger partial charge in [-0.1, -0.05) is 6.92 Å². The number of carbonyl (C=O) groups excluding carboxylic acids is 1. The maximum Gasteiger partial charge on any atom is 0.238 e. The van der Waals surface area contributed by atoms with Gasteiger partial charge in [0.2, 0.25) is 5.91 Å². The summed E-state index contributed by atoms with van der Waals surface area (Å²) in [7, 11) is 4.03. The van der Waals surface area contributed by atoms with E-state index < -0.39 is 0 Å². The third kappa shape index (κ3) is 3.65. The van der Waals surface area contributed by atoms with Gasteiger partial charge in [-0.05, 0) is 27.4 Å². The lowest BCUT2D eigenvalue weighted by molar-refractivity contribution is -0.126. The molecule has 18 heavy (non-hydrogen) atoms. The Bertz CT molecular complexity index is 285. The van der Waals surface area contributed by atoms with Gasteiger partial charge in [0.25, 0.3) is 0 Å². The van der Waals surface area contributed by atoms with E-state index in [1.807, 2.05) is 27.9 Å². The molecule has 1 heterocycles. The van der Waals surface area contributed by atoms with E-state index in [-0.39, 0.29) is 30.0 Å². The lowest BCUT2D eigenvalue weighted by Gasteiger charge is -2.34. The molecule has 0 aliphatic carbocycles. The zero-order valence-corrected chi connectivity index (χ0v) is 11.8. The highest BCUT2D eigenvalue weighted by Crippen LogP contribution is 2.24. The van der Waals surface area contributed by atoms with Crippen molar-refractivity contribution in [2.24, 2.45) is 11.8 Å². The van der Waals surface area contributed by atoms with Crippen LogP contribution in [-0.4, -0.2) is 66.2 Å². The van der Waals surface area contributed by atoms with Crippen molar-refractivity contribution in [1.29, 1.82) is 0 Å². The van der Waals surface area contributed by atoms with Crippen LogP contribution in [0.3, 0.4) is 0 Å². The molecule has 6 heteroatoms. The Morgan fingerprint density at radius 2 is 2.17 bits per heavy atom. The number of aliphatic hydroxyl groups excluding tert-OH is 1. The number of likely N-dealkylation sites (tertiary alicyclic amines) is 1. The predicted molar refractivity (Wildman–Crippen MR) is 70.6 cm³/mol. The SMILES string of the molecule is CC(C(=O)NN)C(C)N1CC(O)CC1CN(C)C. The molecule has 0 spiro atoms. The van der Waals surface area contributed by atoms with E-state index in [2.05, 4.69) is 15.2 Å². The van der Waals surface area contributed by atoms with Gasteiger partial charge in [0.05, 0.1) is 12.0 Å². The Kier molecular flexibility index (Phi) is 5.52. The fourth-order valence-corrected chi connectivity index (χ4v) is 2.65. The smallest absolute Gasteiger partial charge is 0.238 e. The standard InChI is InChI=1S/C12H26N4O2/c1-8(12(18)14-13)9(2)16-7-11(17)5-10(16)6-15(3)4/h8-11,17H,5-7,13H2,1-4H3,(H,14,18). The summed E-state index contributed by atoms with van der Waals surface area (Å²) in [6.45, 7) is 5.39. The molecule has 0 saturated carbocycles. The van der Waals surface area contributed by atoms with Crippen LogP contribution in [0.2, 0.25) is 0 Å². The molecular weight excluding hydrogens is 232 g/mol. The second kappa shape index (κ2) is 6.47. The highest BCUT2D eigenvalue weighted by atomic mass is 16.3. The molecular formula is C12H26N4O2. The summed E-state index contributed by atoms with van der Waals surface area (Å²) in [5.41, 5.74) is 2.20. The number of carbonyl (C=O) groups is 1. The minimum atomic E-state index is -0.300. The van der Waals surface area contributed by atoms with Crippen molar-refractivity contribution in [1.82, 2.24) is 15.2 Å². The zero-order valence-electron chi connectivity index (χ0n) is 11.8. The van der Waals surface area contributed by atoms with Crippen molar-refractivity contribution in [2.75, 3.05) is 27.2 Å². The third-order valence-corrected chi connectivity index (χ3v) is 3.81. The summed E-state index contributed by atoms with van der Waals surface area (Å²) < 4.78 is 0. The molecule has 1 rings (SSSR count). The molecule has 0 aromatic carbocycles. The Labute approximate surface area is 109 Å². The van der Waals surface area contributed by atoms with Crippen LogP contribution < -0.4 is 11.3 Å². The second-order valence-corrected chi connectivity index (χ2v) is 5.54. The fourth-order valence-electron chi connectivity index (χ4n) is 2.65. The summed E-state index contributed by atoms with van der Waals surface area (Å²) in [5, 5.41) is 9.82. The summed E-state index contributed by atoms with van der Waals surface area (Å²) >= 11 is 0. The number of nitrogens with two attached hydrogens (primary N) is 1. The van der Waals surface area contributed by atoms with Crippen molar-refractivity contribution >= 4 is 5.91 Å². The van der Waals surface area contributed by atoms with Gasteiger partial charge in [0, 0.05) is 25.2 Å². The first kappa shape index (κ1) is 15.4. The quantitative estimate of drug-likeness (QED) is 0.335. The lowest BCUT2D eigenvalue weighted by atomic mass is 10.0. The monoisotopic (exact) mass is 258 g/mol. The number of β-amino-alcohol motifs (C(OH)–C–C–N with tert-alkyl or cyclic N) is 1. The summed E-state index contributed by atoms with van der Waals surface area (Å²) in [4.78, 5) is 15.9. The molecule has 1 amide bonds. The van der Waals surface area contributed by atoms with E-state index in [0.717, 1.165) is 13.0 Å². The number of hydrogen-bond donors (Lipinski definition) is 3. The van der Waals surface area contributed by atoms with Crippen LogP contribution in [0.15, 0.2) is 0 Å². The van der Waals surface area contributed by atoms with Crippen LogP contribution in [0.5, 0.6) is 0 Å². The molecule has 6 nitrogen and oxygen atoms in total. The van der Waals surface area contributed by atoms with Gasteiger partial charge in [-0.3, -0.25) is 15.1 Å². The highest BCUT2D eigenvalue weighted by Gasteiger charge is 2.37. The van der Waals surface area contributed by atoms with Gasteiger partial charge in [-0.15, -0.1) is 0 Å². The number of amides is 1. The molecule has 1 saturated heterocycles. The average molecular weight is 258 g/mol. The van der Waals surface area contributed by atoms with Crippen molar-refractivity contribution in [3.8, 4) is 0 Å². The first-order valence-corrected chi connectivity index (χ1v) is 6.45. The van der Waals surface area contributed by atoms with Gasteiger partial charge in [-0.25, -0.2) is 5.84 Å². The zero-order chi connectivity index (χ0) is 13.9. The first-order valence-electron chi connectivity index (χ1n) is 6.45. The summed E-state index contributed by atoms with van der Waals surface area (Å²) in [6.07, 6.45) is 0.463. The van der Waals surface area contributed by atoms with Gasteiger partial charge in [0.15, 0.2) is 0 Å². The molecule has 1 aliphatic heterocycles. The molecule has 0 radical (unpaired) electrons. The van der Waals surface area contributed by atoms with Crippen LogP contribution in [0, 0.1) is 5.92 Å². The molecule has 1 aliphatic rings. The first-order chi connectivity index (χ1) is 8.36. The van der Waals surface area contributed by atoms with Crippen LogP contribution in [0.25, 0.3) is 0 Å². The van der Waals surface area contributed by atoms with Crippen LogP contribution >= 0.6 is 0 Å².